The third-order valence-electron chi connectivity index (χ3n) is 13.4. The van der Waals surface area contributed by atoms with Crippen molar-refractivity contribution in [3.63, 3.8) is 0 Å². The first-order valence-corrected chi connectivity index (χ1v) is 32.2. The van der Waals surface area contributed by atoms with E-state index >= 15 is 0 Å². The van der Waals surface area contributed by atoms with Gasteiger partial charge in [-0.05, 0) is 122 Å². The van der Waals surface area contributed by atoms with Crippen molar-refractivity contribution >= 4 is 17.9 Å². The molecule has 1 atom stereocenters. The predicted molar refractivity (Wildman–Crippen MR) is 339 cm³/mol. The summed E-state index contributed by atoms with van der Waals surface area (Å²) in [6.07, 6.45) is 91.8. The molecule has 0 heterocycles. The minimum absolute atomic E-state index is 0.0896. The monoisotopic (exact) mass is 1080 g/mol. The predicted octanol–water partition coefficient (Wildman–Crippen LogP) is 22.2. The van der Waals surface area contributed by atoms with Crippen LogP contribution in [0.5, 0.6) is 0 Å². The van der Waals surface area contributed by atoms with E-state index < -0.39 is 6.10 Å². The highest BCUT2D eigenvalue weighted by molar-refractivity contribution is 5.71. The lowest BCUT2D eigenvalue weighted by molar-refractivity contribution is -0.167. The van der Waals surface area contributed by atoms with Crippen molar-refractivity contribution < 1.29 is 28.6 Å². The number of unbranched alkanes of at least 4 members (excludes halogenated alkanes) is 24. The van der Waals surface area contributed by atoms with Crippen LogP contribution in [-0.2, 0) is 28.6 Å². The van der Waals surface area contributed by atoms with Crippen LogP contribution in [0.25, 0.3) is 0 Å². The molecule has 6 nitrogen and oxygen atoms in total. The number of carbonyl (C=O) groups excluding carboxylic acids is 3. The zero-order chi connectivity index (χ0) is 56.4. The second-order valence-electron chi connectivity index (χ2n) is 20.9. The van der Waals surface area contributed by atoms with Crippen LogP contribution in [0.2, 0.25) is 0 Å². The first-order valence-electron chi connectivity index (χ1n) is 32.2. The molecule has 0 aliphatic heterocycles. The lowest BCUT2D eigenvalue weighted by Gasteiger charge is -2.18. The Bertz CT molecular complexity index is 1670. The summed E-state index contributed by atoms with van der Waals surface area (Å²) in [5.74, 6) is -0.923. The number of hydrogen-bond donors (Lipinski definition) is 0. The Morgan fingerprint density at radius 2 is 0.500 bits per heavy atom. The SMILES string of the molecule is CC/C=C\C/C=C\C/C=C\C/C=C\C/C=C\C/C=C\C/C=C\C/C=C\C/C=C\C/C=C\CCCCCCC(=O)OCC(COC(=O)CCCCCCCCCCCCCC)OC(=O)CCCCCCC/C=C\CCCCCC. The van der Waals surface area contributed by atoms with E-state index in [0.29, 0.717) is 19.3 Å². The summed E-state index contributed by atoms with van der Waals surface area (Å²) in [5.41, 5.74) is 0. The Morgan fingerprint density at radius 1 is 0.269 bits per heavy atom. The highest BCUT2D eigenvalue weighted by atomic mass is 16.6. The number of hydrogen-bond acceptors (Lipinski definition) is 6. The fourth-order valence-electron chi connectivity index (χ4n) is 8.58. The van der Waals surface area contributed by atoms with Gasteiger partial charge in [-0.1, -0.05) is 276 Å². The van der Waals surface area contributed by atoms with Crippen molar-refractivity contribution in [2.45, 2.75) is 290 Å². The summed E-state index contributed by atoms with van der Waals surface area (Å²) < 4.78 is 16.8. The Morgan fingerprint density at radius 3 is 0.808 bits per heavy atom. The van der Waals surface area contributed by atoms with E-state index in [9.17, 15) is 14.4 Å². The Kier molecular flexibility index (Phi) is 61.4. The highest BCUT2D eigenvalue weighted by Crippen LogP contribution is 2.15. The van der Waals surface area contributed by atoms with E-state index in [2.05, 4.69) is 154 Å². The van der Waals surface area contributed by atoms with Crippen LogP contribution in [0, 0.1) is 0 Å². The average Bonchev–Trinajstić information content (AvgIpc) is 3.44. The summed E-state index contributed by atoms with van der Waals surface area (Å²) in [6, 6.07) is 0. The largest absolute Gasteiger partial charge is 0.462 e. The van der Waals surface area contributed by atoms with Crippen LogP contribution in [-0.4, -0.2) is 37.2 Å². The van der Waals surface area contributed by atoms with Crippen molar-refractivity contribution in [1.82, 2.24) is 0 Å². The number of ether oxygens (including phenoxy) is 3. The topological polar surface area (TPSA) is 78.9 Å². The maximum Gasteiger partial charge on any atom is 0.306 e. The normalized spacial score (nSPS) is 13.0. The van der Waals surface area contributed by atoms with Gasteiger partial charge in [-0.2, -0.15) is 0 Å². The molecule has 0 spiro atoms. The average molecular weight is 1080 g/mol. The highest BCUT2D eigenvalue weighted by Gasteiger charge is 2.19. The molecule has 6 heteroatoms. The zero-order valence-electron chi connectivity index (χ0n) is 50.6. The first-order chi connectivity index (χ1) is 38.5. The summed E-state index contributed by atoms with van der Waals surface area (Å²) >= 11 is 0. The summed E-state index contributed by atoms with van der Waals surface area (Å²) in [6.45, 7) is 6.48. The minimum atomic E-state index is -0.794. The molecule has 0 bridgehead atoms. The van der Waals surface area contributed by atoms with Crippen molar-refractivity contribution in [2.75, 3.05) is 13.2 Å². The van der Waals surface area contributed by atoms with Gasteiger partial charge < -0.3 is 14.2 Å². The van der Waals surface area contributed by atoms with Crippen LogP contribution in [0.3, 0.4) is 0 Å². The third kappa shape index (κ3) is 62.4. The van der Waals surface area contributed by atoms with E-state index in [1.807, 2.05) is 0 Å². The van der Waals surface area contributed by atoms with Gasteiger partial charge in [0.2, 0.25) is 0 Å². The van der Waals surface area contributed by atoms with Crippen LogP contribution in [0.15, 0.2) is 134 Å². The quantitative estimate of drug-likeness (QED) is 0.0261. The molecular weight excluding hydrogens is 961 g/mol. The number of carbonyl (C=O) groups is 3. The molecule has 442 valence electrons. The van der Waals surface area contributed by atoms with Crippen molar-refractivity contribution in [1.29, 1.82) is 0 Å². The van der Waals surface area contributed by atoms with Crippen LogP contribution in [0.1, 0.15) is 284 Å². The Balaban J connectivity index is 4.28. The molecule has 0 saturated carbocycles. The molecule has 0 aliphatic carbocycles. The zero-order valence-corrected chi connectivity index (χ0v) is 50.6. The van der Waals surface area contributed by atoms with Crippen LogP contribution in [0.4, 0.5) is 0 Å². The maximum absolute atomic E-state index is 12.8. The summed E-state index contributed by atoms with van der Waals surface area (Å²) in [7, 11) is 0. The lowest BCUT2D eigenvalue weighted by atomic mass is 10.0. The third-order valence-corrected chi connectivity index (χ3v) is 13.4. The molecule has 0 radical (unpaired) electrons. The van der Waals surface area contributed by atoms with Gasteiger partial charge in [-0.15, -0.1) is 0 Å². The molecule has 1 unspecified atom stereocenters. The molecular formula is C72H118O6. The van der Waals surface area contributed by atoms with Crippen molar-refractivity contribution in [2.24, 2.45) is 0 Å². The van der Waals surface area contributed by atoms with E-state index in [1.165, 1.54) is 96.3 Å². The fourth-order valence-corrected chi connectivity index (χ4v) is 8.58. The Labute approximate surface area is 481 Å². The van der Waals surface area contributed by atoms with Crippen LogP contribution >= 0.6 is 0 Å². The summed E-state index contributed by atoms with van der Waals surface area (Å²) in [5, 5.41) is 0. The first kappa shape index (κ1) is 73.5. The molecule has 0 aromatic heterocycles. The number of esters is 3. The van der Waals surface area contributed by atoms with Gasteiger partial charge in [0.1, 0.15) is 13.2 Å². The number of allylic oxidation sites excluding steroid dienone is 22. The van der Waals surface area contributed by atoms with E-state index in [-0.39, 0.29) is 31.1 Å². The van der Waals surface area contributed by atoms with Gasteiger partial charge in [0.25, 0.3) is 0 Å². The number of rotatable bonds is 57. The van der Waals surface area contributed by atoms with Crippen LogP contribution < -0.4 is 0 Å². The molecule has 0 amide bonds. The van der Waals surface area contributed by atoms with E-state index in [4.69, 9.17) is 14.2 Å². The van der Waals surface area contributed by atoms with Gasteiger partial charge in [0.15, 0.2) is 6.10 Å². The fraction of sp³-hybridized carbons (Fsp3) is 0.653. The molecule has 0 rings (SSSR count). The van der Waals surface area contributed by atoms with Gasteiger partial charge in [0, 0.05) is 19.3 Å². The van der Waals surface area contributed by atoms with Crippen molar-refractivity contribution in [3.8, 4) is 0 Å². The lowest BCUT2D eigenvalue weighted by Crippen LogP contribution is -2.30. The maximum atomic E-state index is 12.8. The van der Waals surface area contributed by atoms with Gasteiger partial charge >= 0.3 is 17.9 Å². The molecule has 0 aromatic rings. The second-order valence-corrected chi connectivity index (χ2v) is 20.9. The molecule has 0 saturated heterocycles. The van der Waals surface area contributed by atoms with Gasteiger partial charge in [0.05, 0.1) is 0 Å². The minimum Gasteiger partial charge on any atom is -0.462 e. The Hall–Kier alpha value is -4.45. The summed E-state index contributed by atoms with van der Waals surface area (Å²) in [4.78, 5) is 38.2. The molecule has 0 aliphatic rings. The van der Waals surface area contributed by atoms with Gasteiger partial charge in [-0.25, -0.2) is 0 Å². The standard InChI is InChI=1S/C72H118O6/c1-4-7-10-13-16-19-22-25-26-27-28-29-30-31-32-33-34-35-36-37-38-39-40-41-42-43-44-45-46-48-50-53-56-59-62-65-71(74)77-68-69(67-76-70(73)64-61-58-55-52-49-24-21-18-15-12-9-6-3)78-72(75)66-63-60-57-54-51-47-23-20-17-14-11-8-5-2/h7,10,16,19-20,23,25-26,28-29,31-32,34-35,37-38,40-41,43-44,46,48,69H,4-6,8-9,11-15,17-18,21-22,24,27,30,33,36,39,42,45,47,49-68H2,1-3H3/b10-7-,19-16-,23-20-,26-25-,29-28-,32-31-,35-34-,38-37-,41-40-,44-43-,48-46-. The molecule has 0 fully saturated rings. The van der Waals surface area contributed by atoms with Crippen molar-refractivity contribution in [3.05, 3.63) is 134 Å². The molecule has 0 N–H and O–H groups in total. The van der Waals surface area contributed by atoms with Gasteiger partial charge in [-0.3, -0.25) is 14.4 Å². The molecule has 0 aromatic carbocycles. The second kappa shape index (κ2) is 65.1. The van der Waals surface area contributed by atoms with E-state index in [0.717, 1.165) is 148 Å². The smallest absolute Gasteiger partial charge is 0.306 e. The molecule has 78 heavy (non-hydrogen) atoms. The van der Waals surface area contributed by atoms with E-state index in [1.54, 1.807) is 0 Å².